The van der Waals surface area contributed by atoms with E-state index in [1.54, 1.807) is 31.2 Å². The Labute approximate surface area is 96.7 Å². The summed E-state index contributed by atoms with van der Waals surface area (Å²) < 4.78 is 10.2. The molecule has 1 aromatic heterocycles. The van der Waals surface area contributed by atoms with Crippen molar-refractivity contribution in [3.8, 4) is 0 Å². The van der Waals surface area contributed by atoms with Gasteiger partial charge in [0.25, 0.3) is 11.6 Å². The second kappa shape index (κ2) is 4.65. The quantitative estimate of drug-likeness (QED) is 0.621. The van der Waals surface area contributed by atoms with Gasteiger partial charge in [-0.05, 0) is 19.1 Å². The number of ether oxygens (including phenoxy) is 1. The molecule has 2 aromatic rings. The van der Waals surface area contributed by atoms with E-state index in [0.717, 1.165) is 0 Å². The standard InChI is InChI=1S/C11H11N3O3/c1-2-16-10(12)14-11-13-9(15)7-5-3-4-6-8(7)17-11/h3-6H,2H2,1H3,(H2,12,13,14,15). The Bertz CT molecular complexity index is 619. The molecule has 0 saturated carbocycles. The molecule has 88 valence electrons. The first-order valence-electron chi connectivity index (χ1n) is 5.07. The van der Waals surface area contributed by atoms with Crippen LogP contribution in [0.1, 0.15) is 6.92 Å². The maximum absolute atomic E-state index is 11.6. The Hall–Kier alpha value is -2.37. The van der Waals surface area contributed by atoms with E-state index in [9.17, 15) is 4.79 Å². The lowest BCUT2D eigenvalue weighted by Crippen LogP contribution is -2.16. The van der Waals surface area contributed by atoms with Crippen LogP contribution in [0.2, 0.25) is 0 Å². The Morgan fingerprint density at radius 2 is 2.29 bits per heavy atom. The van der Waals surface area contributed by atoms with Crippen LogP contribution in [0.4, 0.5) is 6.01 Å². The molecule has 0 saturated heterocycles. The smallest absolute Gasteiger partial charge is 0.330 e. The van der Waals surface area contributed by atoms with Crippen molar-refractivity contribution in [1.29, 1.82) is 0 Å². The number of para-hydroxylation sites is 1. The van der Waals surface area contributed by atoms with E-state index in [1.807, 2.05) is 0 Å². The van der Waals surface area contributed by atoms with Crippen LogP contribution in [0.3, 0.4) is 0 Å². The third kappa shape index (κ3) is 2.41. The molecule has 0 radical (unpaired) electrons. The number of aromatic nitrogens is 1. The Kier molecular flexibility index (Phi) is 3.04. The second-order valence-electron chi connectivity index (χ2n) is 3.18. The van der Waals surface area contributed by atoms with Crippen molar-refractivity contribution in [2.75, 3.05) is 6.61 Å². The van der Waals surface area contributed by atoms with Gasteiger partial charge < -0.3 is 14.9 Å². The van der Waals surface area contributed by atoms with E-state index in [1.165, 1.54) is 0 Å². The van der Waals surface area contributed by atoms with E-state index in [2.05, 4.69) is 9.98 Å². The molecule has 0 fully saturated rings. The number of nitrogens with two attached hydrogens (primary N) is 1. The number of nitrogens with zero attached hydrogens (tertiary/aromatic N) is 2. The van der Waals surface area contributed by atoms with Crippen molar-refractivity contribution in [2.24, 2.45) is 10.7 Å². The third-order valence-corrected chi connectivity index (χ3v) is 2.01. The molecular weight excluding hydrogens is 222 g/mol. The Morgan fingerprint density at radius 1 is 1.53 bits per heavy atom. The zero-order chi connectivity index (χ0) is 12.3. The van der Waals surface area contributed by atoms with Gasteiger partial charge >= 0.3 is 6.01 Å². The van der Waals surface area contributed by atoms with E-state index in [-0.39, 0.29) is 12.0 Å². The highest BCUT2D eigenvalue weighted by Gasteiger charge is 2.05. The van der Waals surface area contributed by atoms with Crippen LogP contribution in [0.15, 0.2) is 38.5 Å². The molecule has 2 N–H and O–H groups in total. The lowest BCUT2D eigenvalue weighted by molar-refractivity contribution is 0.321. The number of benzene rings is 1. The van der Waals surface area contributed by atoms with Crippen LogP contribution in [0.5, 0.6) is 0 Å². The van der Waals surface area contributed by atoms with Crippen molar-refractivity contribution >= 4 is 23.0 Å². The SMILES string of the molecule is CCO/C(N)=N/c1nc(=O)c2ccccc2o1. The van der Waals surface area contributed by atoms with Gasteiger partial charge in [0.05, 0.1) is 12.0 Å². The molecular formula is C11H11N3O3. The molecule has 6 heteroatoms. The maximum atomic E-state index is 11.6. The van der Waals surface area contributed by atoms with Crippen molar-refractivity contribution < 1.29 is 9.15 Å². The van der Waals surface area contributed by atoms with Gasteiger partial charge in [0.2, 0.25) is 0 Å². The first-order valence-corrected chi connectivity index (χ1v) is 5.07. The molecule has 1 heterocycles. The molecule has 17 heavy (non-hydrogen) atoms. The molecule has 0 amide bonds. The van der Waals surface area contributed by atoms with Crippen molar-refractivity contribution in [1.82, 2.24) is 4.98 Å². The van der Waals surface area contributed by atoms with E-state index < -0.39 is 5.56 Å². The van der Waals surface area contributed by atoms with Crippen LogP contribution in [0.25, 0.3) is 11.0 Å². The van der Waals surface area contributed by atoms with Gasteiger partial charge in [0, 0.05) is 0 Å². The first-order chi connectivity index (χ1) is 8.20. The lowest BCUT2D eigenvalue weighted by Gasteiger charge is -2.00. The largest absolute Gasteiger partial charge is 0.465 e. The van der Waals surface area contributed by atoms with Gasteiger partial charge in [-0.15, -0.1) is 4.99 Å². The summed E-state index contributed by atoms with van der Waals surface area (Å²) in [6.07, 6.45) is 0. The summed E-state index contributed by atoms with van der Waals surface area (Å²) >= 11 is 0. The average Bonchev–Trinajstić information content (AvgIpc) is 2.29. The number of rotatable bonds is 2. The average molecular weight is 233 g/mol. The topological polar surface area (TPSA) is 90.7 Å². The number of fused-ring (bicyclic) bond motifs is 1. The van der Waals surface area contributed by atoms with Crippen molar-refractivity contribution in [2.45, 2.75) is 6.92 Å². The van der Waals surface area contributed by atoms with Gasteiger partial charge in [-0.1, -0.05) is 12.1 Å². The predicted octanol–water partition coefficient (Wildman–Crippen LogP) is 1.17. The maximum Gasteiger partial charge on any atom is 0.330 e. The summed E-state index contributed by atoms with van der Waals surface area (Å²) in [6.45, 7) is 2.15. The highest BCUT2D eigenvalue weighted by molar-refractivity contribution is 5.77. The van der Waals surface area contributed by atoms with E-state index in [0.29, 0.717) is 17.6 Å². The van der Waals surface area contributed by atoms with Crippen LogP contribution in [0, 0.1) is 0 Å². The van der Waals surface area contributed by atoms with Crippen molar-refractivity contribution in [3.05, 3.63) is 34.6 Å². The molecule has 0 bridgehead atoms. The van der Waals surface area contributed by atoms with E-state index in [4.69, 9.17) is 14.9 Å². The number of aliphatic imine (C=N–C) groups is 1. The highest BCUT2D eigenvalue weighted by atomic mass is 16.5. The summed E-state index contributed by atoms with van der Waals surface area (Å²) in [4.78, 5) is 19.0. The number of hydrogen-bond acceptors (Lipinski definition) is 5. The molecule has 2 rings (SSSR count). The molecule has 0 unspecified atom stereocenters. The first kappa shape index (κ1) is 11.1. The molecule has 0 aliphatic rings. The fourth-order valence-electron chi connectivity index (χ4n) is 1.32. The minimum Gasteiger partial charge on any atom is -0.465 e. The lowest BCUT2D eigenvalue weighted by atomic mass is 10.3. The zero-order valence-corrected chi connectivity index (χ0v) is 9.21. The van der Waals surface area contributed by atoms with Gasteiger partial charge in [-0.2, -0.15) is 4.98 Å². The molecule has 0 aliphatic heterocycles. The van der Waals surface area contributed by atoms with Crippen molar-refractivity contribution in [3.63, 3.8) is 0 Å². The second-order valence-corrected chi connectivity index (χ2v) is 3.18. The normalized spacial score (nSPS) is 11.7. The fraction of sp³-hybridized carbons (Fsp3) is 0.182. The van der Waals surface area contributed by atoms with E-state index >= 15 is 0 Å². The fourth-order valence-corrected chi connectivity index (χ4v) is 1.32. The van der Waals surface area contributed by atoms with Gasteiger partial charge in [0.1, 0.15) is 5.58 Å². The zero-order valence-electron chi connectivity index (χ0n) is 9.21. The summed E-state index contributed by atoms with van der Waals surface area (Å²) in [5, 5.41) is 0.404. The Morgan fingerprint density at radius 3 is 3.06 bits per heavy atom. The van der Waals surface area contributed by atoms with Crippen LogP contribution in [-0.4, -0.2) is 17.6 Å². The predicted molar refractivity (Wildman–Crippen MR) is 63.2 cm³/mol. The number of hydrogen-bond donors (Lipinski definition) is 1. The molecule has 1 aromatic carbocycles. The minimum absolute atomic E-state index is 0.0848. The summed E-state index contributed by atoms with van der Waals surface area (Å²) in [7, 11) is 0. The Balaban J connectivity index is 2.51. The van der Waals surface area contributed by atoms with Gasteiger partial charge in [0.15, 0.2) is 0 Å². The summed E-state index contributed by atoms with van der Waals surface area (Å²) in [5.74, 6) is 0. The third-order valence-electron chi connectivity index (χ3n) is 2.01. The summed E-state index contributed by atoms with van der Waals surface area (Å²) in [5.41, 5.74) is 5.44. The van der Waals surface area contributed by atoms with Crippen LogP contribution in [-0.2, 0) is 4.74 Å². The monoisotopic (exact) mass is 233 g/mol. The van der Waals surface area contributed by atoms with Gasteiger partial charge in [-0.3, -0.25) is 4.79 Å². The number of amidine groups is 1. The molecule has 0 atom stereocenters. The summed E-state index contributed by atoms with van der Waals surface area (Å²) in [6, 6.07) is 6.59. The van der Waals surface area contributed by atoms with Crippen LogP contribution < -0.4 is 11.3 Å². The molecule has 0 spiro atoms. The van der Waals surface area contributed by atoms with Gasteiger partial charge in [-0.25, -0.2) is 0 Å². The molecule has 6 nitrogen and oxygen atoms in total. The molecule has 0 aliphatic carbocycles. The highest BCUT2D eigenvalue weighted by Crippen LogP contribution is 2.14. The van der Waals surface area contributed by atoms with Crippen LogP contribution >= 0.6 is 0 Å². The minimum atomic E-state index is -0.408.